The molecule has 0 aliphatic carbocycles. The maximum atomic E-state index is 13.1. The summed E-state index contributed by atoms with van der Waals surface area (Å²) in [6.07, 6.45) is 0.542. The van der Waals surface area contributed by atoms with Crippen LogP contribution < -0.4 is 5.30 Å². The third kappa shape index (κ3) is 3.22. The summed E-state index contributed by atoms with van der Waals surface area (Å²) in [4.78, 5) is 13.1. The van der Waals surface area contributed by atoms with Gasteiger partial charge in [-0.15, -0.1) is 0 Å². The highest BCUT2D eigenvalue weighted by Gasteiger charge is 2.48. The zero-order valence-electron chi connectivity index (χ0n) is 15.4. The lowest BCUT2D eigenvalue weighted by Gasteiger charge is -2.45. The number of carbonyl (C=O) groups is 1. The largest absolute Gasteiger partial charge is 0.299 e. The Hall–Kier alpha value is -2.02. The molecule has 0 aromatic heterocycles. The summed E-state index contributed by atoms with van der Waals surface area (Å²) < 4.78 is 0. The monoisotopic (exact) mass is 390 g/mol. The van der Waals surface area contributed by atoms with E-state index in [9.17, 15) is 4.79 Å². The van der Waals surface area contributed by atoms with Gasteiger partial charge in [-0.25, -0.2) is 0 Å². The molecule has 0 saturated carbocycles. The van der Waals surface area contributed by atoms with Crippen molar-refractivity contribution >= 4 is 28.9 Å². The number of Topliss-reactive ketones (excluding diaryl/α,β-unsaturated/α-hetero) is 1. The summed E-state index contributed by atoms with van der Waals surface area (Å²) in [5, 5.41) is 1.24. The molecule has 1 nitrogen and oxygen atoms in total. The number of ketones is 1. The molecule has 27 heavy (non-hydrogen) atoms. The first-order chi connectivity index (χ1) is 13.1. The van der Waals surface area contributed by atoms with E-state index in [2.05, 4.69) is 79.7 Å². The van der Waals surface area contributed by atoms with Crippen LogP contribution in [0.4, 0.5) is 0 Å². The Kier molecular flexibility index (Phi) is 5.12. The molecule has 4 atom stereocenters. The molecule has 0 spiro atoms. The van der Waals surface area contributed by atoms with E-state index in [0.29, 0.717) is 12.2 Å². The van der Waals surface area contributed by atoms with Crippen LogP contribution in [0.2, 0.25) is 0 Å². The lowest BCUT2D eigenvalue weighted by atomic mass is 9.91. The zero-order valence-corrected chi connectivity index (χ0v) is 17.1. The van der Waals surface area contributed by atoms with Crippen molar-refractivity contribution in [3.8, 4) is 0 Å². The van der Waals surface area contributed by atoms with Crippen molar-refractivity contribution in [1.82, 2.24) is 0 Å². The highest BCUT2D eigenvalue weighted by molar-refractivity contribution is 8.18. The van der Waals surface area contributed by atoms with Gasteiger partial charge in [0, 0.05) is 23.7 Å². The third-order valence-corrected chi connectivity index (χ3v) is 11.9. The molecule has 3 aromatic rings. The van der Waals surface area contributed by atoms with E-state index in [1.807, 2.05) is 18.2 Å². The average Bonchev–Trinajstić information content (AvgIpc) is 2.73. The molecule has 0 amide bonds. The van der Waals surface area contributed by atoms with Crippen LogP contribution in [0.3, 0.4) is 0 Å². The Bertz CT molecular complexity index is 969. The summed E-state index contributed by atoms with van der Waals surface area (Å²) in [5.74, 6) is 0.271. The molecule has 0 N–H and O–H groups in total. The highest BCUT2D eigenvalue weighted by Crippen LogP contribution is 2.73. The summed E-state index contributed by atoms with van der Waals surface area (Å²) in [7, 11) is 0. The van der Waals surface area contributed by atoms with Gasteiger partial charge >= 0.3 is 0 Å². The Morgan fingerprint density at radius 1 is 0.778 bits per heavy atom. The minimum atomic E-state index is -2.11. The SMILES string of the molecule is C[C@H]1C(=O)C[C@H](c2ccccc2)[P@@](=S)(c2ccccc2)[C@@H]1c1ccccc1. The molecule has 3 heteroatoms. The molecule has 1 fully saturated rings. The number of hydrogen-bond donors (Lipinski definition) is 0. The molecule has 0 radical (unpaired) electrons. The normalized spacial score (nSPS) is 28.0. The lowest BCUT2D eigenvalue weighted by Crippen LogP contribution is -2.32. The van der Waals surface area contributed by atoms with Crippen LogP contribution in [0.25, 0.3) is 0 Å². The van der Waals surface area contributed by atoms with E-state index < -0.39 is 6.04 Å². The highest BCUT2D eigenvalue weighted by atomic mass is 32.4. The first-order valence-corrected chi connectivity index (χ1v) is 12.3. The van der Waals surface area contributed by atoms with Gasteiger partial charge in [-0.2, -0.15) is 0 Å². The van der Waals surface area contributed by atoms with Gasteiger partial charge in [0.2, 0.25) is 0 Å². The number of benzene rings is 3. The second-order valence-corrected chi connectivity index (χ2v) is 12.2. The molecule has 1 heterocycles. The molecular weight excluding hydrogens is 367 g/mol. The molecule has 1 aliphatic rings. The molecular formula is C24H23OPS. The molecule has 1 aliphatic heterocycles. The van der Waals surface area contributed by atoms with Crippen LogP contribution in [0.5, 0.6) is 0 Å². The van der Waals surface area contributed by atoms with E-state index >= 15 is 0 Å². The van der Waals surface area contributed by atoms with Gasteiger partial charge < -0.3 is 0 Å². The van der Waals surface area contributed by atoms with E-state index in [1.54, 1.807) is 0 Å². The fourth-order valence-corrected chi connectivity index (χ4v) is 10.5. The molecule has 3 aromatic carbocycles. The van der Waals surface area contributed by atoms with Crippen molar-refractivity contribution in [3.05, 3.63) is 102 Å². The topological polar surface area (TPSA) is 17.1 Å². The fourth-order valence-electron chi connectivity index (χ4n) is 4.39. The number of carbonyl (C=O) groups excluding carboxylic acids is 1. The minimum Gasteiger partial charge on any atom is -0.299 e. The van der Waals surface area contributed by atoms with E-state index in [4.69, 9.17) is 11.8 Å². The second kappa shape index (κ2) is 7.54. The van der Waals surface area contributed by atoms with Crippen molar-refractivity contribution in [2.45, 2.75) is 24.7 Å². The van der Waals surface area contributed by atoms with Gasteiger partial charge in [0.05, 0.1) is 0 Å². The first-order valence-electron chi connectivity index (χ1n) is 9.40. The van der Waals surface area contributed by atoms with Crippen molar-refractivity contribution in [1.29, 1.82) is 0 Å². The Balaban J connectivity index is 1.97. The summed E-state index contributed by atoms with van der Waals surface area (Å²) in [6, 6.07) is 29.3. The van der Waals surface area contributed by atoms with Crippen LogP contribution in [0.15, 0.2) is 91.0 Å². The lowest BCUT2D eigenvalue weighted by molar-refractivity contribution is -0.122. The van der Waals surface area contributed by atoms with Gasteiger partial charge in [0.15, 0.2) is 0 Å². The van der Waals surface area contributed by atoms with Crippen LogP contribution >= 0.6 is 6.04 Å². The molecule has 0 bridgehead atoms. The standard InChI is InChI=1S/C24H23OPS/c1-18-22(25)17-23(19-11-5-2-6-12-19)26(27,21-15-9-4-10-16-21)24(18)20-13-7-3-8-14-20/h2-16,18,23-24H,17H2,1H3/t18-,23+,24-,26-/m0/s1. The third-order valence-electron chi connectivity index (χ3n) is 5.74. The van der Waals surface area contributed by atoms with Gasteiger partial charge in [-0.3, -0.25) is 4.79 Å². The second-order valence-electron chi connectivity index (χ2n) is 7.29. The van der Waals surface area contributed by atoms with Gasteiger partial charge in [0.1, 0.15) is 5.78 Å². The number of hydrogen-bond acceptors (Lipinski definition) is 2. The summed E-state index contributed by atoms with van der Waals surface area (Å²) in [6.45, 7) is 2.07. The van der Waals surface area contributed by atoms with Gasteiger partial charge in [0.25, 0.3) is 0 Å². The van der Waals surface area contributed by atoms with Crippen molar-refractivity contribution in [3.63, 3.8) is 0 Å². The van der Waals surface area contributed by atoms with Gasteiger partial charge in [-0.05, 0) is 22.5 Å². The summed E-state index contributed by atoms with van der Waals surface area (Å²) in [5.41, 5.74) is 2.56. The first kappa shape index (κ1) is 18.3. The maximum Gasteiger partial charge on any atom is 0.137 e. The van der Waals surface area contributed by atoms with Crippen LogP contribution in [0, 0.1) is 5.92 Å². The quantitative estimate of drug-likeness (QED) is 0.519. The maximum absolute atomic E-state index is 13.1. The zero-order chi connectivity index (χ0) is 18.9. The van der Waals surface area contributed by atoms with Crippen molar-refractivity contribution < 1.29 is 4.79 Å². The van der Waals surface area contributed by atoms with Crippen LogP contribution in [0.1, 0.15) is 35.8 Å². The van der Waals surface area contributed by atoms with Crippen molar-refractivity contribution in [2.75, 3.05) is 0 Å². The summed E-state index contributed by atoms with van der Waals surface area (Å²) >= 11 is 6.62. The van der Waals surface area contributed by atoms with E-state index in [-0.39, 0.29) is 17.2 Å². The minimum absolute atomic E-state index is 0.0570. The Morgan fingerprint density at radius 3 is 1.81 bits per heavy atom. The van der Waals surface area contributed by atoms with E-state index in [1.165, 1.54) is 16.4 Å². The molecule has 4 rings (SSSR count). The average molecular weight is 390 g/mol. The van der Waals surface area contributed by atoms with Gasteiger partial charge in [-0.1, -0.05) is 110 Å². The smallest absolute Gasteiger partial charge is 0.137 e. The van der Waals surface area contributed by atoms with Crippen LogP contribution in [-0.2, 0) is 16.6 Å². The Morgan fingerprint density at radius 2 is 1.26 bits per heavy atom. The van der Waals surface area contributed by atoms with E-state index in [0.717, 1.165) is 0 Å². The van der Waals surface area contributed by atoms with Crippen LogP contribution in [-0.4, -0.2) is 5.78 Å². The molecule has 1 saturated heterocycles. The fraction of sp³-hybridized carbons (Fsp3) is 0.208. The Labute approximate surface area is 166 Å². The van der Waals surface area contributed by atoms with Crippen molar-refractivity contribution in [2.24, 2.45) is 5.92 Å². The number of rotatable bonds is 3. The molecule has 0 unspecified atom stereocenters. The predicted molar refractivity (Wildman–Crippen MR) is 118 cm³/mol. The predicted octanol–water partition coefficient (Wildman–Crippen LogP) is 5.88. The molecule has 136 valence electrons.